The number of hydrogen-bond donors (Lipinski definition) is 1. The fourth-order valence-electron chi connectivity index (χ4n) is 4.97. The van der Waals surface area contributed by atoms with Crippen LogP contribution in [0.4, 0.5) is 0 Å². The Bertz CT molecular complexity index is 858. The fourth-order valence-corrected chi connectivity index (χ4v) is 4.97. The number of carbonyl (C=O) groups is 1. The van der Waals surface area contributed by atoms with Crippen molar-refractivity contribution in [3.63, 3.8) is 0 Å². The summed E-state index contributed by atoms with van der Waals surface area (Å²) in [5.74, 6) is 0.729. The van der Waals surface area contributed by atoms with Gasteiger partial charge in [-0.15, -0.1) is 0 Å². The molecule has 0 unspecified atom stereocenters. The second-order valence-electron chi connectivity index (χ2n) is 9.41. The van der Waals surface area contributed by atoms with E-state index in [0.717, 1.165) is 51.9 Å². The molecule has 2 fully saturated rings. The maximum absolute atomic E-state index is 13.3. The molecule has 2 aliphatic rings. The number of ether oxygens (including phenoxy) is 2. The Morgan fingerprint density at radius 1 is 0.903 bits per heavy atom. The Hall–Kier alpha value is -2.17. The molecule has 0 saturated carbocycles. The molecule has 0 radical (unpaired) electrons. The van der Waals surface area contributed by atoms with Gasteiger partial charge in [-0.3, -0.25) is 4.79 Å². The van der Waals surface area contributed by atoms with E-state index < -0.39 is 0 Å². The van der Waals surface area contributed by atoms with Crippen LogP contribution in [0, 0.1) is 25.2 Å². The van der Waals surface area contributed by atoms with Crippen LogP contribution in [-0.4, -0.2) is 38.9 Å². The first kappa shape index (κ1) is 22.0. The van der Waals surface area contributed by atoms with Gasteiger partial charge in [-0.1, -0.05) is 53.6 Å². The summed E-state index contributed by atoms with van der Waals surface area (Å²) in [6.07, 6.45) is 4.41. The Labute approximate surface area is 186 Å². The molecule has 0 spiro atoms. The lowest BCUT2D eigenvalue weighted by molar-refractivity contribution is -0.137. The van der Waals surface area contributed by atoms with Gasteiger partial charge in [0.25, 0.3) is 0 Å². The minimum Gasteiger partial charge on any atom is -0.381 e. The highest BCUT2D eigenvalue weighted by Crippen LogP contribution is 2.35. The van der Waals surface area contributed by atoms with Crippen LogP contribution in [-0.2, 0) is 20.7 Å². The van der Waals surface area contributed by atoms with Crippen molar-refractivity contribution in [1.29, 1.82) is 0 Å². The highest BCUT2D eigenvalue weighted by molar-refractivity contribution is 5.83. The maximum atomic E-state index is 13.3. The van der Waals surface area contributed by atoms with Crippen molar-refractivity contribution < 1.29 is 14.3 Å². The molecular weight excluding hydrogens is 386 g/mol. The lowest BCUT2D eigenvalue weighted by Crippen LogP contribution is -2.47. The SMILES string of the molecule is Cc1cc(C)cc(-c2ccc(CC3(C(=O)NCC4CCOCC4)CCOCC3)cc2)c1. The third-order valence-corrected chi connectivity index (χ3v) is 6.88. The first-order valence-electron chi connectivity index (χ1n) is 11.7. The van der Waals surface area contributed by atoms with Crippen LogP contribution in [0.1, 0.15) is 42.4 Å². The zero-order valence-corrected chi connectivity index (χ0v) is 18.9. The molecule has 2 aromatic carbocycles. The molecule has 4 heteroatoms. The van der Waals surface area contributed by atoms with Crippen LogP contribution in [0.25, 0.3) is 11.1 Å². The van der Waals surface area contributed by atoms with Crippen LogP contribution in [0.5, 0.6) is 0 Å². The van der Waals surface area contributed by atoms with E-state index in [1.54, 1.807) is 0 Å². The summed E-state index contributed by atoms with van der Waals surface area (Å²) in [5.41, 5.74) is 5.88. The lowest BCUT2D eigenvalue weighted by atomic mass is 9.74. The van der Waals surface area contributed by atoms with Gasteiger partial charge in [-0.05, 0) is 68.6 Å². The zero-order valence-electron chi connectivity index (χ0n) is 18.9. The van der Waals surface area contributed by atoms with Crippen LogP contribution >= 0.6 is 0 Å². The van der Waals surface area contributed by atoms with E-state index in [0.29, 0.717) is 19.1 Å². The van der Waals surface area contributed by atoms with E-state index in [1.165, 1.54) is 27.8 Å². The first-order valence-corrected chi connectivity index (χ1v) is 11.7. The number of rotatable bonds is 6. The molecule has 2 aliphatic heterocycles. The van der Waals surface area contributed by atoms with E-state index >= 15 is 0 Å². The standard InChI is InChI=1S/C27H35NO3/c1-20-15-21(2)17-25(16-20)24-5-3-22(4-6-24)18-27(9-13-31-14-10-27)26(29)28-19-23-7-11-30-12-8-23/h3-6,15-17,23H,7-14,18-19H2,1-2H3,(H,28,29). The van der Waals surface area contributed by atoms with Crippen molar-refractivity contribution in [2.75, 3.05) is 33.0 Å². The molecule has 1 amide bonds. The van der Waals surface area contributed by atoms with Crippen molar-refractivity contribution in [3.05, 3.63) is 59.2 Å². The van der Waals surface area contributed by atoms with Gasteiger partial charge in [-0.2, -0.15) is 0 Å². The average molecular weight is 422 g/mol. The van der Waals surface area contributed by atoms with E-state index in [2.05, 4.69) is 61.6 Å². The third kappa shape index (κ3) is 5.55. The second kappa shape index (κ2) is 9.97. The number of nitrogens with one attached hydrogen (secondary N) is 1. The van der Waals surface area contributed by atoms with Gasteiger partial charge < -0.3 is 14.8 Å². The molecule has 166 valence electrons. The molecule has 2 aromatic rings. The number of hydrogen-bond acceptors (Lipinski definition) is 3. The van der Waals surface area contributed by atoms with Gasteiger partial charge in [0.1, 0.15) is 0 Å². The molecule has 4 nitrogen and oxygen atoms in total. The highest BCUT2D eigenvalue weighted by atomic mass is 16.5. The minimum atomic E-state index is -0.370. The van der Waals surface area contributed by atoms with Crippen molar-refractivity contribution in [2.24, 2.45) is 11.3 Å². The maximum Gasteiger partial charge on any atom is 0.226 e. The molecule has 4 rings (SSSR count). The Kier molecular flexibility index (Phi) is 7.09. The first-order chi connectivity index (χ1) is 15.0. The highest BCUT2D eigenvalue weighted by Gasteiger charge is 2.40. The predicted molar refractivity (Wildman–Crippen MR) is 124 cm³/mol. The molecule has 0 atom stereocenters. The molecule has 0 bridgehead atoms. The molecule has 2 saturated heterocycles. The quantitative estimate of drug-likeness (QED) is 0.725. The van der Waals surface area contributed by atoms with Gasteiger partial charge >= 0.3 is 0 Å². The molecule has 2 heterocycles. The van der Waals surface area contributed by atoms with Gasteiger partial charge in [-0.25, -0.2) is 0 Å². The van der Waals surface area contributed by atoms with Gasteiger partial charge in [0.05, 0.1) is 5.41 Å². The Morgan fingerprint density at radius 3 is 2.16 bits per heavy atom. The fraction of sp³-hybridized carbons (Fsp3) is 0.519. The third-order valence-electron chi connectivity index (χ3n) is 6.88. The summed E-state index contributed by atoms with van der Waals surface area (Å²) in [4.78, 5) is 13.3. The Morgan fingerprint density at radius 2 is 1.52 bits per heavy atom. The van der Waals surface area contributed by atoms with Crippen molar-refractivity contribution in [2.45, 2.75) is 46.0 Å². The molecular formula is C27H35NO3. The normalized spacial score (nSPS) is 19.2. The number of aryl methyl sites for hydroxylation is 2. The van der Waals surface area contributed by atoms with Crippen LogP contribution in [0.2, 0.25) is 0 Å². The monoisotopic (exact) mass is 421 g/mol. The molecule has 0 aliphatic carbocycles. The van der Waals surface area contributed by atoms with Gasteiger partial charge in [0.2, 0.25) is 5.91 Å². The predicted octanol–water partition coefficient (Wildman–Crippen LogP) is 4.85. The van der Waals surface area contributed by atoms with Crippen molar-refractivity contribution in [3.8, 4) is 11.1 Å². The summed E-state index contributed by atoms with van der Waals surface area (Å²) in [7, 11) is 0. The second-order valence-corrected chi connectivity index (χ2v) is 9.41. The van der Waals surface area contributed by atoms with Crippen molar-refractivity contribution in [1.82, 2.24) is 5.32 Å². The van der Waals surface area contributed by atoms with E-state index in [-0.39, 0.29) is 11.3 Å². The summed E-state index contributed by atoms with van der Waals surface area (Å²) < 4.78 is 11.1. The van der Waals surface area contributed by atoms with E-state index in [9.17, 15) is 4.79 Å². The molecule has 1 N–H and O–H groups in total. The summed E-state index contributed by atoms with van der Waals surface area (Å²) >= 11 is 0. The summed E-state index contributed by atoms with van der Waals surface area (Å²) in [5, 5.41) is 3.28. The van der Waals surface area contributed by atoms with Crippen LogP contribution in [0.15, 0.2) is 42.5 Å². The largest absolute Gasteiger partial charge is 0.381 e. The number of carbonyl (C=O) groups excluding carboxylic acids is 1. The van der Waals surface area contributed by atoms with Gasteiger partial charge in [0.15, 0.2) is 0 Å². The summed E-state index contributed by atoms with van der Waals surface area (Å²) in [6, 6.07) is 15.4. The van der Waals surface area contributed by atoms with Crippen molar-refractivity contribution >= 4 is 5.91 Å². The van der Waals surface area contributed by atoms with E-state index in [1.807, 2.05) is 0 Å². The smallest absolute Gasteiger partial charge is 0.226 e. The van der Waals surface area contributed by atoms with Gasteiger partial charge in [0, 0.05) is 33.0 Å². The number of benzene rings is 2. The minimum absolute atomic E-state index is 0.195. The summed E-state index contributed by atoms with van der Waals surface area (Å²) in [6.45, 7) is 7.98. The molecule has 0 aromatic heterocycles. The van der Waals surface area contributed by atoms with Crippen LogP contribution < -0.4 is 5.32 Å². The van der Waals surface area contributed by atoms with Crippen LogP contribution in [0.3, 0.4) is 0 Å². The Balaban J connectivity index is 1.46. The lowest BCUT2D eigenvalue weighted by Gasteiger charge is -2.36. The van der Waals surface area contributed by atoms with E-state index in [4.69, 9.17) is 9.47 Å². The number of amides is 1. The zero-order chi connectivity index (χ0) is 21.7. The molecule has 31 heavy (non-hydrogen) atoms. The topological polar surface area (TPSA) is 47.6 Å². The average Bonchev–Trinajstić information content (AvgIpc) is 2.78.